The summed E-state index contributed by atoms with van der Waals surface area (Å²) >= 11 is 0. The van der Waals surface area contributed by atoms with E-state index in [4.69, 9.17) is 9.84 Å². The Kier molecular flexibility index (Phi) is 9.96. The molecule has 4 N–H and O–H groups in total. The Morgan fingerprint density at radius 3 is 2.60 bits per heavy atom. The number of hydrogen-bond acceptors (Lipinski definition) is 5. The van der Waals surface area contributed by atoms with Crippen LogP contribution >= 0.6 is 0 Å². The predicted octanol–water partition coefficient (Wildman–Crippen LogP) is 1.79. The number of ether oxygens (including phenoxy) is 1. The summed E-state index contributed by atoms with van der Waals surface area (Å²) in [7, 11) is 1.87. The predicted molar refractivity (Wildman–Crippen MR) is 97.2 cm³/mol. The maximum absolute atomic E-state index is 12.5. The maximum Gasteiger partial charge on any atom is 0.408 e. The van der Waals surface area contributed by atoms with Crippen LogP contribution in [0.25, 0.3) is 0 Å². The Morgan fingerprint density at radius 2 is 2.00 bits per heavy atom. The number of carbonyl (C=O) groups is 2. The first kappa shape index (κ1) is 20.7. The number of rotatable bonds is 11. The van der Waals surface area contributed by atoms with E-state index in [1.807, 2.05) is 7.05 Å². The third kappa shape index (κ3) is 8.32. The zero-order chi connectivity index (χ0) is 18.5. The third-order valence-electron chi connectivity index (χ3n) is 3.51. The molecule has 25 heavy (non-hydrogen) atoms. The first-order valence-corrected chi connectivity index (χ1v) is 8.30. The number of amides is 2. The highest BCUT2D eigenvalue weighted by molar-refractivity contribution is 5.96. The van der Waals surface area contributed by atoms with Gasteiger partial charge in [-0.2, -0.15) is 0 Å². The SMILES string of the molecule is C=CCOC(=O)N[C@@H](CCCCNC)C(=O)Nc1ccc(CO)cc1. The van der Waals surface area contributed by atoms with E-state index in [0.717, 1.165) is 24.9 Å². The van der Waals surface area contributed by atoms with Gasteiger partial charge in [0.05, 0.1) is 6.61 Å². The van der Waals surface area contributed by atoms with Gasteiger partial charge in [0.1, 0.15) is 12.6 Å². The molecule has 1 rings (SSSR count). The summed E-state index contributed by atoms with van der Waals surface area (Å²) in [5.41, 5.74) is 1.36. The lowest BCUT2D eigenvalue weighted by molar-refractivity contribution is -0.118. The van der Waals surface area contributed by atoms with Gasteiger partial charge in [0.15, 0.2) is 0 Å². The molecule has 2 amide bonds. The molecule has 0 aliphatic rings. The van der Waals surface area contributed by atoms with Crippen LogP contribution < -0.4 is 16.0 Å². The average molecular weight is 349 g/mol. The van der Waals surface area contributed by atoms with Crippen molar-refractivity contribution < 1.29 is 19.4 Å². The van der Waals surface area contributed by atoms with Crippen LogP contribution in [-0.4, -0.2) is 43.3 Å². The van der Waals surface area contributed by atoms with Crippen LogP contribution in [0.4, 0.5) is 10.5 Å². The number of unbranched alkanes of at least 4 members (excludes halogenated alkanes) is 1. The van der Waals surface area contributed by atoms with Crippen LogP contribution in [0.2, 0.25) is 0 Å². The summed E-state index contributed by atoms with van der Waals surface area (Å²) in [5, 5.41) is 17.5. The molecule has 0 aromatic heterocycles. The van der Waals surface area contributed by atoms with Crippen LogP contribution in [0.3, 0.4) is 0 Å². The zero-order valence-corrected chi connectivity index (χ0v) is 14.6. The topological polar surface area (TPSA) is 99.7 Å². The van der Waals surface area contributed by atoms with Gasteiger partial charge in [-0.3, -0.25) is 4.79 Å². The van der Waals surface area contributed by atoms with Gasteiger partial charge in [0.2, 0.25) is 5.91 Å². The lowest BCUT2D eigenvalue weighted by Crippen LogP contribution is -2.44. The summed E-state index contributed by atoms with van der Waals surface area (Å²) < 4.78 is 4.89. The smallest absolute Gasteiger partial charge is 0.408 e. The molecule has 0 bridgehead atoms. The van der Waals surface area contributed by atoms with Crippen LogP contribution in [0, 0.1) is 0 Å². The molecule has 1 atom stereocenters. The standard InChI is InChI=1S/C18H27N3O4/c1-3-12-25-18(24)21-16(6-4-5-11-19-2)17(23)20-15-9-7-14(13-22)8-10-15/h3,7-10,16,19,22H,1,4-6,11-13H2,2H3,(H,20,23)(H,21,24)/t16-/m0/s1. The van der Waals surface area contributed by atoms with E-state index in [1.165, 1.54) is 6.08 Å². The number of carbonyl (C=O) groups excluding carboxylic acids is 2. The Balaban J connectivity index is 2.64. The molecule has 0 aliphatic carbocycles. The van der Waals surface area contributed by atoms with E-state index in [1.54, 1.807) is 24.3 Å². The van der Waals surface area contributed by atoms with Crippen molar-refractivity contribution in [3.05, 3.63) is 42.5 Å². The van der Waals surface area contributed by atoms with Gasteiger partial charge in [-0.1, -0.05) is 24.8 Å². The molecule has 1 aromatic carbocycles. The fourth-order valence-electron chi connectivity index (χ4n) is 2.16. The van der Waals surface area contributed by atoms with Crippen LogP contribution in [-0.2, 0) is 16.1 Å². The van der Waals surface area contributed by atoms with Crippen molar-refractivity contribution in [2.45, 2.75) is 31.9 Å². The molecule has 0 saturated carbocycles. The van der Waals surface area contributed by atoms with E-state index in [9.17, 15) is 9.59 Å². The van der Waals surface area contributed by atoms with Crippen LogP contribution in [0.1, 0.15) is 24.8 Å². The number of aliphatic hydroxyl groups is 1. The van der Waals surface area contributed by atoms with Gasteiger partial charge in [-0.05, 0) is 50.6 Å². The van der Waals surface area contributed by atoms with Crippen molar-refractivity contribution in [1.82, 2.24) is 10.6 Å². The lowest BCUT2D eigenvalue weighted by Gasteiger charge is -2.18. The number of alkyl carbamates (subject to hydrolysis) is 1. The van der Waals surface area contributed by atoms with Crippen molar-refractivity contribution in [2.75, 3.05) is 25.5 Å². The Morgan fingerprint density at radius 1 is 1.28 bits per heavy atom. The Bertz CT molecular complexity index is 546. The van der Waals surface area contributed by atoms with E-state index in [0.29, 0.717) is 12.1 Å². The maximum atomic E-state index is 12.5. The number of aliphatic hydroxyl groups excluding tert-OH is 1. The van der Waals surface area contributed by atoms with E-state index >= 15 is 0 Å². The summed E-state index contributed by atoms with van der Waals surface area (Å²) in [4.78, 5) is 24.2. The van der Waals surface area contributed by atoms with Crippen molar-refractivity contribution in [1.29, 1.82) is 0 Å². The van der Waals surface area contributed by atoms with Crippen molar-refractivity contribution in [2.24, 2.45) is 0 Å². The second-order valence-electron chi connectivity index (χ2n) is 5.53. The van der Waals surface area contributed by atoms with Crippen LogP contribution in [0.15, 0.2) is 36.9 Å². The number of hydrogen-bond donors (Lipinski definition) is 4. The van der Waals surface area contributed by atoms with E-state index in [2.05, 4.69) is 22.5 Å². The minimum atomic E-state index is -0.688. The number of benzene rings is 1. The van der Waals surface area contributed by atoms with Crippen molar-refractivity contribution in [3.8, 4) is 0 Å². The summed E-state index contributed by atoms with van der Waals surface area (Å²) in [6.45, 7) is 4.35. The molecular formula is C18H27N3O4. The fraction of sp³-hybridized carbons (Fsp3) is 0.444. The van der Waals surface area contributed by atoms with Crippen molar-refractivity contribution in [3.63, 3.8) is 0 Å². The molecule has 0 unspecified atom stereocenters. The first-order chi connectivity index (χ1) is 12.1. The third-order valence-corrected chi connectivity index (χ3v) is 3.51. The van der Waals surface area contributed by atoms with Crippen molar-refractivity contribution >= 4 is 17.7 Å². The fourth-order valence-corrected chi connectivity index (χ4v) is 2.16. The highest BCUT2D eigenvalue weighted by Crippen LogP contribution is 2.11. The molecule has 0 spiro atoms. The molecule has 0 heterocycles. The average Bonchev–Trinajstić information content (AvgIpc) is 2.63. The second-order valence-corrected chi connectivity index (χ2v) is 5.53. The number of nitrogens with one attached hydrogen (secondary N) is 3. The monoisotopic (exact) mass is 349 g/mol. The van der Waals surface area contributed by atoms with E-state index in [-0.39, 0.29) is 19.1 Å². The van der Waals surface area contributed by atoms with Gasteiger partial charge in [0.25, 0.3) is 0 Å². The quantitative estimate of drug-likeness (QED) is 0.360. The molecule has 0 saturated heterocycles. The molecule has 0 aliphatic heterocycles. The highest BCUT2D eigenvalue weighted by Gasteiger charge is 2.21. The molecule has 0 fully saturated rings. The normalized spacial score (nSPS) is 11.4. The largest absolute Gasteiger partial charge is 0.445 e. The van der Waals surface area contributed by atoms with Gasteiger partial charge < -0.3 is 25.8 Å². The van der Waals surface area contributed by atoms with Gasteiger partial charge in [0, 0.05) is 5.69 Å². The number of anilines is 1. The Labute approximate surface area is 148 Å². The van der Waals surface area contributed by atoms with Gasteiger partial charge >= 0.3 is 6.09 Å². The lowest BCUT2D eigenvalue weighted by atomic mass is 10.1. The molecular weight excluding hydrogens is 322 g/mol. The molecule has 7 nitrogen and oxygen atoms in total. The van der Waals surface area contributed by atoms with Gasteiger partial charge in [-0.15, -0.1) is 0 Å². The molecule has 1 aromatic rings. The van der Waals surface area contributed by atoms with E-state index < -0.39 is 12.1 Å². The molecule has 138 valence electrons. The summed E-state index contributed by atoms with van der Waals surface area (Å²) in [5.74, 6) is -0.309. The summed E-state index contributed by atoms with van der Waals surface area (Å²) in [6.07, 6.45) is 3.00. The summed E-state index contributed by atoms with van der Waals surface area (Å²) in [6, 6.07) is 6.17. The second kappa shape index (κ2) is 12.0. The zero-order valence-electron chi connectivity index (χ0n) is 14.6. The van der Waals surface area contributed by atoms with Gasteiger partial charge in [-0.25, -0.2) is 4.79 Å². The van der Waals surface area contributed by atoms with Crippen LogP contribution in [0.5, 0.6) is 0 Å². The Hall–Kier alpha value is -2.38. The minimum absolute atomic E-state index is 0.0565. The minimum Gasteiger partial charge on any atom is -0.445 e. The highest BCUT2D eigenvalue weighted by atomic mass is 16.5. The first-order valence-electron chi connectivity index (χ1n) is 8.30. The molecule has 0 radical (unpaired) electrons. The molecule has 7 heteroatoms.